The van der Waals surface area contributed by atoms with E-state index in [1.165, 1.54) is 25.4 Å². The number of likely N-dealkylation sites (N-methyl/N-ethyl adjacent to an activating group) is 2. The number of rotatable bonds is 11. The minimum Gasteiger partial charge on any atom is -0.494 e. The number of benzene rings is 2. The molecule has 232 valence electrons. The molecule has 0 aliphatic heterocycles. The van der Waals surface area contributed by atoms with Crippen LogP contribution in [0, 0.1) is 11.3 Å². The van der Waals surface area contributed by atoms with Crippen molar-refractivity contribution in [3.05, 3.63) is 78.1 Å². The number of hydrogen-bond acceptors (Lipinski definition) is 10. The van der Waals surface area contributed by atoms with Crippen molar-refractivity contribution >= 4 is 40.7 Å². The van der Waals surface area contributed by atoms with Crippen LogP contribution in [0.5, 0.6) is 5.75 Å². The van der Waals surface area contributed by atoms with E-state index in [9.17, 15) is 22.8 Å². The molecule has 3 rings (SSSR count). The van der Waals surface area contributed by atoms with E-state index in [-0.39, 0.29) is 23.3 Å². The zero-order valence-electron chi connectivity index (χ0n) is 24.3. The first kappa shape index (κ1) is 34.7. The molecule has 44 heavy (non-hydrogen) atoms. The number of ketones is 1. The number of nitrogens with zero attached hydrogens (tertiary/aromatic N) is 5. The number of carbonyl (C=O) groups is 3. The average molecular weight is 614 g/mol. The lowest BCUT2D eigenvalue weighted by molar-refractivity contribution is -0.192. The highest BCUT2D eigenvalue weighted by atomic mass is 19.4. The summed E-state index contributed by atoms with van der Waals surface area (Å²) >= 11 is 0. The Bertz CT molecular complexity index is 1540. The summed E-state index contributed by atoms with van der Waals surface area (Å²) in [4.78, 5) is 46.6. The van der Waals surface area contributed by atoms with E-state index < -0.39 is 12.1 Å². The molecule has 15 heteroatoms. The molecule has 3 N–H and O–H groups in total. The lowest BCUT2D eigenvalue weighted by atomic mass is 10.1. The van der Waals surface area contributed by atoms with Gasteiger partial charge in [-0.2, -0.15) is 18.4 Å². The van der Waals surface area contributed by atoms with Crippen LogP contribution in [0.25, 0.3) is 0 Å². The number of aromatic nitrogens is 2. The molecule has 0 spiro atoms. The number of ether oxygens (including phenoxy) is 1. The second-order valence-electron chi connectivity index (χ2n) is 9.20. The molecule has 0 aliphatic rings. The Kier molecular flexibility index (Phi) is 12.4. The Morgan fingerprint density at radius 1 is 1.09 bits per heavy atom. The molecule has 0 saturated heterocycles. The van der Waals surface area contributed by atoms with E-state index in [2.05, 4.69) is 32.1 Å². The number of carboxylic acids is 1. The molecule has 2 aromatic carbocycles. The predicted octanol–water partition coefficient (Wildman–Crippen LogP) is 4.09. The van der Waals surface area contributed by atoms with Gasteiger partial charge in [0.25, 0.3) is 0 Å². The number of halogens is 3. The first-order chi connectivity index (χ1) is 20.7. The van der Waals surface area contributed by atoms with E-state index in [4.69, 9.17) is 19.9 Å². The Morgan fingerprint density at radius 2 is 1.73 bits per heavy atom. The lowest BCUT2D eigenvalue weighted by Gasteiger charge is -2.26. The highest BCUT2D eigenvalue weighted by Gasteiger charge is 2.38. The van der Waals surface area contributed by atoms with Crippen molar-refractivity contribution in [1.82, 2.24) is 14.9 Å². The van der Waals surface area contributed by atoms with Crippen LogP contribution in [0.2, 0.25) is 0 Å². The van der Waals surface area contributed by atoms with Crippen LogP contribution < -0.4 is 20.3 Å². The lowest BCUT2D eigenvalue weighted by Crippen LogP contribution is -2.29. The topological polar surface area (TPSA) is 161 Å². The zero-order chi connectivity index (χ0) is 33.0. The fourth-order valence-electron chi connectivity index (χ4n) is 3.42. The standard InChI is InChI=1S/C27H29N7O3.C2HF3O2/c1-6-25(35)30-21-15-22(24(37-5)16-23(21)34(4)14-13-33(2)3)32-27-29-12-11-20(31-27)26(36)19-9-7-18(17-28)8-10-19;3-2(4,5)1(6)7/h6-12,15-16H,1,13-14H2,2-5H3,(H,30,35)(H,29,31,32);(H,6,7). The Labute approximate surface area is 251 Å². The summed E-state index contributed by atoms with van der Waals surface area (Å²) in [5.74, 6) is -2.75. The Balaban J connectivity index is 0.000000860. The van der Waals surface area contributed by atoms with Crippen molar-refractivity contribution in [2.45, 2.75) is 6.18 Å². The number of alkyl halides is 3. The average Bonchev–Trinajstić information content (AvgIpc) is 2.99. The van der Waals surface area contributed by atoms with E-state index in [1.54, 1.807) is 30.3 Å². The van der Waals surface area contributed by atoms with E-state index in [0.717, 1.165) is 12.2 Å². The summed E-state index contributed by atoms with van der Waals surface area (Å²) in [5.41, 5.74) is 2.84. The van der Waals surface area contributed by atoms with Crippen molar-refractivity contribution in [1.29, 1.82) is 5.26 Å². The SMILES string of the molecule is C=CC(=O)Nc1cc(Nc2nccc(C(=O)c3ccc(C#N)cc3)n2)c(OC)cc1N(C)CCN(C)C.O=C(O)C(F)(F)F. The Morgan fingerprint density at radius 3 is 2.25 bits per heavy atom. The summed E-state index contributed by atoms with van der Waals surface area (Å²) in [5, 5.41) is 22.0. The molecule has 0 unspecified atom stereocenters. The predicted molar refractivity (Wildman–Crippen MR) is 157 cm³/mol. The van der Waals surface area contributed by atoms with E-state index in [1.807, 2.05) is 38.2 Å². The number of hydrogen-bond donors (Lipinski definition) is 3. The number of carbonyl (C=O) groups excluding carboxylic acids is 2. The van der Waals surface area contributed by atoms with Crippen LogP contribution in [0.1, 0.15) is 21.6 Å². The van der Waals surface area contributed by atoms with Gasteiger partial charge in [-0.05, 0) is 56.6 Å². The van der Waals surface area contributed by atoms with Crippen molar-refractivity contribution in [2.24, 2.45) is 0 Å². The first-order valence-corrected chi connectivity index (χ1v) is 12.7. The van der Waals surface area contributed by atoms with Gasteiger partial charge in [0.2, 0.25) is 17.6 Å². The molecule has 0 aliphatic carbocycles. The van der Waals surface area contributed by atoms with Crippen LogP contribution in [0.3, 0.4) is 0 Å². The zero-order valence-corrected chi connectivity index (χ0v) is 24.3. The van der Waals surface area contributed by atoms with Gasteiger partial charge in [0.05, 0.1) is 35.8 Å². The van der Waals surface area contributed by atoms with Crippen LogP contribution >= 0.6 is 0 Å². The van der Waals surface area contributed by atoms with Crippen molar-refractivity contribution in [2.75, 3.05) is 56.9 Å². The van der Waals surface area contributed by atoms with Crippen molar-refractivity contribution in [3.63, 3.8) is 0 Å². The molecular formula is C29H30F3N7O5. The molecule has 0 saturated carbocycles. The van der Waals surface area contributed by atoms with E-state index in [0.29, 0.717) is 34.8 Å². The number of nitriles is 1. The molecule has 0 fully saturated rings. The number of methoxy groups -OCH3 is 1. The number of amides is 1. The van der Waals surface area contributed by atoms with Crippen LogP contribution in [0.4, 0.5) is 36.2 Å². The minimum absolute atomic E-state index is 0.174. The second kappa shape index (κ2) is 15.7. The molecule has 0 radical (unpaired) electrons. The van der Waals surface area contributed by atoms with Crippen molar-refractivity contribution in [3.8, 4) is 11.8 Å². The number of anilines is 4. The van der Waals surface area contributed by atoms with Crippen molar-refractivity contribution < 1.29 is 37.4 Å². The maximum absolute atomic E-state index is 12.9. The monoisotopic (exact) mass is 613 g/mol. The molecule has 3 aromatic rings. The van der Waals surface area contributed by atoms with E-state index >= 15 is 0 Å². The maximum Gasteiger partial charge on any atom is 0.490 e. The van der Waals surface area contributed by atoms with Gasteiger partial charge in [0.1, 0.15) is 11.4 Å². The molecule has 1 amide bonds. The van der Waals surface area contributed by atoms with Gasteiger partial charge < -0.3 is 30.3 Å². The molecular weight excluding hydrogens is 583 g/mol. The third-order valence-corrected chi connectivity index (χ3v) is 5.71. The van der Waals surface area contributed by atoms with Crippen LogP contribution in [0.15, 0.2) is 61.3 Å². The maximum atomic E-state index is 12.9. The molecule has 1 heterocycles. The fourth-order valence-corrected chi connectivity index (χ4v) is 3.42. The quantitative estimate of drug-likeness (QED) is 0.211. The minimum atomic E-state index is -5.08. The number of carboxylic acid groups (broad SMARTS) is 1. The van der Waals surface area contributed by atoms with Gasteiger partial charge in [-0.15, -0.1) is 0 Å². The van der Waals surface area contributed by atoms with Gasteiger partial charge >= 0.3 is 12.1 Å². The highest BCUT2D eigenvalue weighted by Crippen LogP contribution is 2.38. The third-order valence-electron chi connectivity index (χ3n) is 5.71. The highest BCUT2D eigenvalue weighted by molar-refractivity contribution is 6.08. The molecule has 0 bridgehead atoms. The van der Waals surface area contributed by atoms with Gasteiger partial charge in [0.15, 0.2) is 0 Å². The van der Waals surface area contributed by atoms with Gasteiger partial charge in [-0.1, -0.05) is 6.58 Å². The normalized spacial score (nSPS) is 10.5. The molecule has 1 aromatic heterocycles. The smallest absolute Gasteiger partial charge is 0.490 e. The van der Waals surface area contributed by atoms with Crippen LogP contribution in [-0.4, -0.2) is 85.2 Å². The van der Waals surface area contributed by atoms with Gasteiger partial charge in [-0.3, -0.25) is 9.59 Å². The largest absolute Gasteiger partial charge is 0.494 e. The molecule has 0 atom stereocenters. The summed E-state index contributed by atoms with van der Waals surface area (Å²) < 4.78 is 37.3. The third kappa shape index (κ3) is 10.1. The summed E-state index contributed by atoms with van der Waals surface area (Å²) in [6.45, 7) is 5.05. The van der Waals surface area contributed by atoms with Gasteiger partial charge in [-0.25, -0.2) is 14.8 Å². The Hall–Kier alpha value is -5.49. The van der Waals surface area contributed by atoms with Gasteiger partial charge in [0, 0.05) is 38.0 Å². The summed E-state index contributed by atoms with van der Waals surface area (Å²) in [6, 6.07) is 13.4. The molecule has 12 nitrogen and oxygen atoms in total. The number of aliphatic carboxylic acids is 1. The second-order valence-corrected chi connectivity index (χ2v) is 9.20. The summed E-state index contributed by atoms with van der Waals surface area (Å²) in [7, 11) is 7.44. The first-order valence-electron chi connectivity index (χ1n) is 12.7. The number of nitrogens with one attached hydrogen (secondary N) is 2. The fraction of sp³-hybridized carbons (Fsp3) is 0.241. The van der Waals surface area contributed by atoms with Crippen LogP contribution in [-0.2, 0) is 9.59 Å². The summed E-state index contributed by atoms with van der Waals surface area (Å²) in [6.07, 6.45) is -2.41.